The lowest BCUT2D eigenvalue weighted by atomic mass is 10.1. The molecule has 0 radical (unpaired) electrons. The molecule has 2 aromatic heterocycles. The van der Waals surface area contributed by atoms with Gasteiger partial charge in [-0.05, 0) is 62.3 Å². The van der Waals surface area contributed by atoms with Crippen LogP contribution in [0.25, 0.3) is 33.3 Å². The molecule has 0 bridgehead atoms. The van der Waals surface area contributed by atoms with E-state index in [-0.39, 0.29) is 5.56 Å². The first kappa shape index (κ1) is 26.2. The van der Waals surface area contributed by atoms with E-state index in [1.165, 1.54) is 17.5 Å². The molecule has 8 nitrogen and oxygen atoms in total. The number of likely N-dealkylation sites (tertiary alicyclic amines) is 1. The predicted octanol–water partition coefficient (Wildman–Crippen LogP) is 4.91. The fraction of sp³-hybridized carbons (Fsp3) is 0.344. The van der Waals surface area contributed by atoms with Gasteiger partial charge in [-0.15, -0.1) is 0 Å². The zero-order valence-corrected chi connectivity index (χ0v) is 23.4. The number of hydrogen-bond acceptors (Lipinski definition) is 6. The minimum Gasteiger partial charge on any atom is -0.493 e. The maximum atomic E-state index is 13.4. The topological polar surface area (TPSA) is 79.3 Å². The van der Waals surface area contributed by atoms with Crippen LogP contribution < -0.4 is 10.3 Å². The summed E-state index contributed by atoms with van der Waals surface area (Å²) in [6, 6.07) is 20.9. The van der Waals surface area contributed by atoms with E-state index in [0.29, 0.717) is 35.9 Å². The van der Waals surface area contributed by atoms with Crippen molar-refractivity contribution in [1.82, 2.24) is 29.3 Å². The van der Waals surface area contributed by atoms with Gasteiger partial charge >= 0.3 is 0 Å². The molecule has 3 aromatic carbocycles. The Hall–Kier alpha value is -4.01. The molecule has 1 aliphatic rings. The third-order valence-corrected chi connectivity index (χ3v) is 7.79. The fourth-order valence-electron chi connectivity index (χ4n) is 5.56. The second kappa shape index (κ2) is 11.2. The van der Waals surface area contributed by atoms with Crippen LogP contribution in [0.2, 0.25) is 0 Å². The summed E-state index contributed by atoms with van der Waals surface area (Å²) in [5.41, 5.74) is 5.33. The first-order valence-corrected chi connectivity index (χ1v) is 14.1. The van der Waals surface area contributed by atoms with Crippen LogP contribution in [0.3, 0.4) is 0 Å². The van der Waals surface area contributed by atoms with Gasteiger partial charge in [-0.2, -0.15) is 0 Å². The monoisotopic (exact) mass is 536 g/mol. The van der Waals surface area contributed by atoms with E-state index >= 15 is 0 Å². The van der Waals surface area contributed by atoms with Crippen LogP contribution in [0, 0.1) is 0 Å². The molecule has 1 N–H and O–H groups in total. The quantitative estimate of drug-likeness (QED) is 0.288. The molecule has 206 valence electrons. The first-order chi connectivity index (χ1) is 19.5. The Labute approximate surface area is 234 Å². The third-order valence-electron chi connectivity index (χ3n) is 7.79. The van der Waals surface area contributed by atoms with Gasteiger partial charge in [0.25, 0.3) is 5.56 Å². The van der Waals surface area contributed by atoms with Crippen LogP contribution >= 0.6 is 0 Å². The molecule has 1 aliphatic heterocycles. The summed E-state index contributed by atoms with van der Waals surface area (Å²) < 4.78 is 8.16. The summed E-state index contributed by atoms with van der Waals surface area (Å²) in [5.74, 6) is 1.25. The van der Waals surface area contributed by atoms with Crippen molar-refractivity contribution in [3.05, 3.63) is 88.5 Å². The highest BCUT2D eigenvalue weighted by atomic mass is 16.5. The molecule has 0 unspecified atom stereocenters. The Balaban J connectivity index is 1.36. The molecule has 8 heteroatoms. The van der Waals surface area contributed by atoms with Crippen LogP contribution in [0.1, 0.15) is 30.9 Å². The smallest absolute Gasteiger partial charge is 0.259 e. The molecule has 0 aliphatic carbocycles. The number of nitrogens with zero attached hydrogens (tertiary/aromatic N) is 5. The van der Waals surface area contributed by atoms with Crippen LogP contribution in [0.5, 0.6) is 5.75 Å². The van der Waals surface area contributed by atoms with E-state index < -0.39 is 0 Å². The molecule has 40 heavy (non-hydrogen) atoms. The Bertz CT molecular complexity index is 1690. The van der Waals surface area contributed by atoms with Crippen LogP contribution in [0.15, 0.2) is 71.8 Å². The predicted molar refractivity (Wildman–Crippen MR) is 160 cm³/mol. The van der Waals surface area contributed by atoms with Gasteiger partial charge in [0.05, 0.1) is 40.4 Å². The number of rotatable bonds is 9. The molecule has 1 atom stereocenters. The van der Waals surface area contributed by atoms with Gasteiger partial charge < -0.3 is 19.2 Å². The molecule has 0 saturated carbocycles. The van der Waals surface area contributed by atoms with Crippen LogP contribution in [-0.4, -0.2) is 69.2 Å². The van der Waals surface area contributed by atoms with Gasteiger partial charge in [0.2, 0.25) is 0 Å². The first-order valence-electron chi connectivity index (χ1n) is 14.1. The standard InChI is InChI=1S/C32H36N6O2/c1-4-14-40-30-11-10-23(18-37-13-12-24(20-37)36(2)3)15-26(30)31-34-27-17-28-29(16-25(27)32(39)35-31)38(21-33-28)19-22-8-6-5-7-9-22/h5-11,15-17,21,24H,4,12-14,18-20H2,1-3H3,(H,34,35,39)/t24-/m0/s1. The Kier molecular flexibility index (Phi) is 7.36. The highest BCUT2D eigenvalue weighted by molar-refractivity contribution is 5.93. The molecular weight excluding hydrogens is 500 g/mol. The highest BCUT2D eigenvalue weighted by Gasteiger charge is 2.24. The molecule has 3 heterocycles. The zero-order valence-electron chi connectivity index (χ0n) is 23.4. The number of aromatic nitrogens is 4. The maximum absolute atomic E-state index is 13.4. The largest absolute Gasteiger partial charge is 0.493 e. The third kappa shape index (κ3) is 5.37. The Morgan fingerprint density at radius 1 is 1.02 bits per heavy atom. The lowest BCUT2D eigenvalue weighted by Crippen LogP contribution is -2.31. The molecule has 6 rings (SSSR count). The summed E-state index contributed by atoms with van der Waals surface area (Å²) in [6.45, 7) is 6.34. The number of H-pyrrole nitrogens is 1. The van der Waals surface area contributed by atoms with Gasteiger partial charge in [0.1, 0.15) is 11.6 Å². The van der Waals surface area contributed by atoms with Gasteiger partial charge in [0.15, 0.2) is 0 Å². The number of ether oxygens (including phenoxy) is 1. The molecule has 1 fully saturated rings. The highest BCUT2D eigenvalue weighted by Crippen LogP contribution is 2.31. The van der Waals surface area contributed by atoms with Crippen molar-refractivity contribution in [1.29, 1.82) is 0 Å². The number of aromatic amines is 1. The number of nitrogens with one attached hydrogen (secondary N) is 1. The SMILES string of the molecule is CCCOc1ccc(CN2CC[C@H](N(C)C)C2)cc1-c1nc2cc3ncn(Cc4ccccc4)c3cc2c(=O)[nH]1. The summed E-state index contributed by atoms with van der Waals surface area (Å²) in [4.78, 5) is 30.8. The second-order valence-electron chi connectivity index (χ2n) is 11.0. The average Bonchev–Trinajstić information content (AvgIpc) is 3.59. The van der Waals surface area contributed by atoms with Crippen molar-refractivity contribution >= 4 is 21.9 Å². The zero-order chi connectivity index (χ0) is 27.6. The van der Waals surface area contributed by atoms with Crippen molar-refractivity contribution < 1.29 is 4.74 Å². The van der Waals surface area contributed by atoms with E-state index in [1.807, 2.05) is 42.7 Å². The summed E-state index contributed by atoms with van der Waals surface area (Å²) in [5, 5.41) is 0.546. The van der Waals surface area contributed by atoms with Gasteiger partial charge in [0, 0.05) is 32.2 Å². The van der Waals surface area contributed by atoms with E-state index in [2.05, 4.69) is 69.6 Å². The molecule has 0 amide bonds. The van der Waals surface area contributed by atoms with E-state index in [1.54, 1.807) is 0 Å². The van der Waals surface area contributed by atoms with Crippen molar-refractivity contribution in [3.8, 4) is 17.1 Å². The number of hydrogen-bond donors (Lipinski definition) is 1. The lowest BCUT2D eigenvalue weighted by molar-refractivity contribution is 0.264. The van der Waals surface area contributed by atoms with Crippen molar-refractivity contribution in [2.24, 2.45) is 0 Å². The summed E-state index contributed by atoms with van der Waals surface area (Å²) >= 11 is 0. The normalized spacial score (nSPS) is 15.9. The summed E-state index contributed by atoms with van der Waals surface area (Å²) in [7, 11) is 4.30. The van der Waals surface area contributed by atoms with Crippen LogP contribution in [0.4, 0.5) is 0 Å². The number of imidazole rings is 1. The van der Waals surface area contributed by atoms with Crippen LogP contribution in [-0.2, 0) is 13.1 Å². The van der Waals surface area contributed by atoms with Crippen molar-refractivity contribution in [2.75, 3.05) is 33.8 Å². The minimum atomic E-state index is -0.172. The number of benzene rings is 3. The Morgan fingerprint density at radius 2 is 1.88 bits per heavy atom. The number of likely N-dealkylation sites (N-methyl/N-ethyl adjacent to an activating group) is 1. The van der Waals surface area contributed by atoms with E-state index in [4.69, 9.17) is 9.72 Å². The average molecular weight is 537 g/mol. The van der Waals surface area contributed by atoms with Gasteiger partial charge in [-0.3, -0.25) is 9.69 Å². The second-order valence-corrected chi connectivity index (χ2v) is 11.0. The van der Waals surface area contributed by atoms with Gasteiger partial charge in [-0.25, -0.2) is 9.97 Å². The summed E-state index contributed by atoms with van der Waals surface area (Å²) in [6.07, 6.45) is 3.89. The Morgan fingerprint density at radius 3 is 2.65 bits per heavy atom. The molecule has 0 spiro atoms. The van der Waals surface area contributed by atoms with E-state index in [9.17, 15) is 4.79 Å². The molecule has 5 aromatic rings. The van der Waals surface area contributed by atoms with Crippen molar-refractivity contribution in [2.45, 2.75) is 38.9 Å². The number of fused-ring (bicyclic) bond motifs is 2. The maximum Gasteiger partial charge on any atom is 0.259 e. The minimum absolute atomic E-state index is 0.172. The molecule has 1 saturated heterocycles. The van der Waals surface area contributed by atoms with E-state index in [0.717, 1.165) is 48.4 Å². The van der Waals surface area contributed by atoms with Crippen molar-refractivity contribution in [3.63, 3.8) is 0 Å². The fourth-order valence-corrected chi connectivity index (χ4v) is 5.56. The van der Waals surface area contributed by atoms with Gasteiger partial charge in [-0.1, -0.05) is 43.3 Å². The molecular formula is C32H36N6O2. The lowest BCUT2D eigenvalue weighted by Gasteiger charge is -2.21.